The Bertz CT molecular complexity index is 1180. The molecule has 31 heavy (non-hydrogen) atoms. The largest absolute Gasteiger partial charge is 0.352 e. The fourth-order valence-electron chi connectivity index (χ4n) is 4.19. The molecular formula is C24H27N3O2S2. The van der Waals surface area contributed by atoms with Gasteiger partial charge in [0.1, 0.15) is 10.1 Å². The molecular weight excluding hydrogens is 426 g/mol. The molecule has 7 heteroatoms. The molecule has 0 spiro atoms. The van der Waals surface area contributed by atoms with Crippen molar-refractivity contribution < 1.29 is 4.79 Å². The summed E-state index contributed by atoms with van der Waals surface area (Å²) in [5, 5.41) is 4.16. The third-order valence-electron chi connectivity index (χ3n) is 5.83. The number of carbonyl (C=O) groups is 1. The van der Waals surface area contributed by atoms with Gasteiger partial charge in [0.05, 0.1) is 5.39 Å². The zero-order valence-electron chi connectivity index (χ0n) is 17.9. The number of amides is 1. The lowest BCUT2D eigenvalue weighted by atomic mass is 10.1. The molecule has 3 aromatic rings. The van der Waals surface area contributed by atoms with Crippen molar-refractivity contribution in [1.82, 2.24) is 14.9 Å². The average Bonchev–Trinajstić information content (AvgIpc) is 3.32. The number of thioether (sulfide) groups is 1. The molecule has 0 radical (unpaired) electrons. The molecule has 1 fully saturated rings. The second-order valence-corrected chi connectivity index (χ2v) is 11.1. The zero-order chi connectivity index (χ0) is 21.5. The number of rotatable bonds is 7. The highest BCUT2D eigenvalue weighted by atomic mass is 32.2. The highest BCUT2D eigenvalue weighted by Crippen LogP contribution is 2.39. The fraction of sp³-hybridized carbons (Fsp3) is 0.458. The van der Waals surface area contributed by atoms with Crippen LogP contribution in [0.4, 0.5) is 0 Å². The summed E-state index contributed by atoms with van der Waals surface area (Å²) in [5.74, 6) is 0.302. The van der Waals surface area contributed by atoms with Gasteiger partial charge in [-0.25, -0.2) is 4.98 Å². The molecule has 162 valence electrons. The van der Waals surface area contributed by atoms with E-state index < -0.39 is 5.25 Å². The minimum atomic E-state index is -0.434. The molecule has 1 atom stereocenters. The maximum Gasteiger partial charge on any atom is 0.263 e. The van der Waals surface area contributed by atoms with Gasteiger partial charge in [0.25, 0.3) is 5.56 Å². The first-order valence-electron chi connectivity index (χ1n) is 11.1. The Balaban J connectivity index is 1.59. The Morgan fingerprint density at radius 1 is 1.26 bits per heavy atom. The topological polar surface area (TPSA) is 64.0 Å². The van der Waals surface area contributed by atoms with E-state index in [-0.39, 0.29) is 17.5 Å². The highest BCUT2D eigenvalue weighted by Gasteiger charge is 2.31. The van der Waals surface area contributed by atoms with E-state index in [0.717, 1.165) is 47.9 Å². The van der Waals surface area contributed by atoms with Crippen molar-refractivity contribution in [3.05, 3.63) is 56.7 Å². The summed E-state index contributed by atoms with van der Waals surface area (Å²) in [6.07, 6.45) is 5.21. The minimum Gasteiger partial charge on any atom is -0.352 e. The molecule has 0 bridgehead atoms. The summed E-state index contributed by atoms with van der Waals surface area (Å²) in [6.45, 7) is 4.82. The Labute approximate surface area is 190 Å². The van der Waals surface area contributed by atoms with Crippen LogP contribution in [0, 0.1) is 5.92 Å². The lowest BCUT2D eigenvalue weighted by Gasteiger charge is -2.20. The second kappa shape index (κ2) is 8.43. The van der Waals surface area contributed by atoms with E-state index in [1.165, 1.54) is 22.2 Å². The molecule has 2 aromatic heterocycles. The summed E-state index contributed by atoms with van der Waals surface area (Å²) in [6, 6.07) is 10.1. The molecule has 0 aliphatic heterocycles. The molecule has 5 nitrogen and oxygen atoms in total. The number of carbonyl (C=O) groups excluding carboxylic acids is 1. The Morgan fingerprint density at radius 2 is 2.03 bits per heavy atom. The van der Waals surface area contributed by atoms with Crippen molar-refractivity contribution in [3.8, 4) is 0 Å². The van der Waals surface area contributed by atoms with Crippen molar-refractivity contribution in [1.29, 1.82) is 0 Å². The van der Waals surface area contributed by atoms with Crippen LogP contribution in [-0.2, 0) is 24.2 Å². The normalized spacial score (nSPS) is 16.6. The number of aryl methyl sites for hydroxylation is 2. The lowest BCUT2D eigenvalue weighted by molar-refractivity contribution is -0.120. The van der Waals surface area contributed by atoms with Crippen molar-refractivity contribution in [2.75, 3.05) is 0 Å². The van der Waals surface area contributed by atoms with E-state index in [9.17, 15) is 9.59 Å². The van der Waals surface area contributed by atoms with Crippen LogP contribution in [-0.4, -0.2) is 21.5 Å². The number of nitrogens with one attached hydrogen (secondary N) is 1. The monoisotopic (exact) mass is 453 g/mol. The van der Waals surface area contributed by atoms with E-state index in [4.69, 9.17) is 4.98 Å². The van der Waals surface area contributed by atoms with E-state index in [1.54, 1.807) is 11.3 Å². The average molecular weight is 454 g/mol. The number of hydrogen-bond acceptors (Lipinski definition) is 5. The van der Waals surface area contributed by atoms with Crippen LogP contribution in [0.5, 0.6) is 0 Å². The van der Waals surface area contributed by atoms with Crippen LogP contribution in [0.3, 0.4) is 0 Å². The number of aromatic nitrogens is 2. The molecule has 2 aliphatic carbocycles. The number of nitrogens with zero attached hydrogens (tertiary/aromatic N) is 2. The third kappa shape index (κ3) is 4.17. The maximum absolute atomic E-state index is 13.6. The number of benzene rings is 1. The standard InChI is InChI=1S/C24H27N3O2S2/c1-14(2)13-27-23(29)19-17-9-6-10-18(17)30-22(19)26-24(27)31-20(15-7-4-3-5-8-15)21(28)25-16-11-12-16/h3-5,7-8,14,16,20H,6,9-13H2,1-2H3,(H,25,28)/t20-/m1/s1. The van der Waals surface area contributed by atoms with Gasteiger partial charge in [-0.05, 0) is 49.1 Å². The van der Waals surface area contributed by atoms with E-state index in [2.05, 4.69) is 19.2 Å². The van der Waals surface area contributed by atoms with Crippen molar-refractivity contribution >= 4 is 39.2 Å². The highest BCUT2D eigenvalue weighted by molar-refractivity contribution is 8.00. The quantitative estimate of drug-likeness (QED) is 0.415. The molecule has 0 unspecified atom stereocenters. The summed E-state index contributed by atoms with van der Waals surface area (Å²) >= 11 is 3.06. The van der Waals surface area contributed by atoms with E-state index >= 15 is 0 Å². The van der Waals surface area contributed by atoms with Gasteiger partial charge in [0.2, 0.25) is 5.91 Å². The number of fused-ring (bicyclic) bond motifs is 3. The van der Waals surface area contributed by atoms with Crippen LogP contribution >= 0.6 is 23.1 Å². The predicted octanol–water partition coefficient (Wildman–Crippen LogP) is 4.71. The number of hydrogen-bond donors (Lipinski definition) is 1. The SMILES string of the molecule is CC(C)Cn1c(S[C@@H](C(=O)NC2CC2)c2ccccc2)nc2sc3c(c2c1=O)CCC3. The van der Waals surface area contributed by atoms with Gasteiger partial charge in [-0.1, -0.05) is 55.9 Å². The second-order valence-electron chi connectivity index (χ2n) is 8.93. The molecule has 0 saturated heterocycles. The maximum atomic E-state index is 13.6. The molecule has 1 aromatic carbocycles. The molecule has 2 aliphatic rings. The molecule has 5 rings (SSSR count). The van der Waals surface area contributed by atoms with Gasteiger partial charge >= 0.3 is 0 Å². The first-order chi connectivity index (χ1) is 15.0. The van der Waals surface area contributed by atoms with Gasteiger partial charge in [0, 0.05) is 17.5 Å². The molecule has 1 amide bonds. The van der Waals surface area contributed by atoms with E-state index in [0.29, 0.717) is 17.6 Å². The Morgan fingerprint density at radius 3 is 2.74 bits per heavy atom. The van der Waals surface area contributed by atoms with Crippen LogP contribution < -0.4 is 10.9 Å². The van der Waals surface area contributed by atoms with Crippen molar-refractivity contribution in [3.63, 3.8) is 0 Å². The zero-order valence-corrected chi connectivity index (χ0v) is 19.5. The number of thiophene rings is 1. The Kier molecular flexibility index (Phi) is 5.65. The van der Waals surface area contributed by atoms with Crippen LogP contribution in [0.2, 0.25) is 0 Å². The smallest absolute Gasteiger partial charge is 0.263 e. The van der Waals surface area contributed by atoms with Crippen molar-refractivity contribution in [2.24, 2.45) is 5.92 Å². The molecule has 2 heterocycles. The fourth-order valence-corrected chi connectivity index (χ4v) is 6.60. The van der Waals surface area contributed by atoms with Gasteiger partial charge in [-0.2, -0.15) is 0 Å². The van der Waals surface area contributed by atoms with Crippen LogP contribution in [0.25, 0.3) is 10.2 Å². The summed E-state index contributed by atoms with van der Waals surface area (Å²) < 4.78 is 1.81. The van der Waals surface area contributed by atoms with Gasteiger partial charge in [-0.3, -0.25) is 14.2 Å². The third-order valence-corrected chi connectivity index (χ3v) is 8.26. The minimum absolute atomic E-state index is 0.00202. The van der Waals surface area contributed by atoms with Crippen molar-refractivity contribution in [2.45, 2.75) is 68.9 Å². The summed E-state index contributed by atoms with van der Waals surface area (Å²) in [4.78, 5) is 33.8. The van der Waals surface area contributed by atoms with Crippen LogP contribution in [0.1, 0.15) is 54.4 Å². The van der Waals surface area contributed by atoms with E-state index in [1.807, 2.05) is 34.9 Å². The molecule has 1 N–H and O–H groups in total. The van der Waals surface area contributed by atoms with Gasteiger partial charge < -0.3 is 5.32 Å². The summed E-state index contributed by atoms with van der Waals surface area (Å²) in [5.41, 5.74) is 2.19. The van der Waals surface area contributed by atoms with Gasteiger partial charge in [0.15, 0.2) is 5.16 Å². The summed E-state index contributed by atoms with van der Waals surface area (Å²) in [7, 11) is 0. The van der Waals surface area contributed by atoms with Crippen LogP contribution in [0.15, 0.2) is 40.3 Å². The Hall–Kier alpha value is -2.12. The first-order valence-corrected chi connectivity index (χ1v) is 12.8. The predicted molar refractivity (Wildman–Crippen MR) is 127 cm³/mol. The first kappa shape index (κ1) is 20.8. The lowest BCUT2D eigenvalue weighted by Crippen LogP contribution is -2.31. The molecule has 1 saturated carbocycles. The van der Waals surface area contributed by atoms with Gasteiger partial charge in [-0.15, -0.1) is 11.3 Å².